The predicted molar refractivity (Wildman–Crippen MR) is 58.9 cm³/mol. The number of hydrogen-bond acceptors (Lipinski definition) is 2. The van der Waals surface area contributed by atoms with Crippen molar-refractivity contribution in [1.82, 2.24) is 10.2 Å². The van der Waals surface area contributed by atoms with E-state index < -0.39 is 0 Å². The first-order valence-corrected chi connectivity index (χ1v) is 5.72. The fourth-order valence-corrected chi connectivity index (χ4v) is 2.92. The summed E-state index contributed by atoms with van der Waals surface area (Å²) in [5.41, 5.74) is 0. The lowest BCUT2D eigenvalue weighted by Crippen LogP contribution is -2.40. The van der Waals surface area contributed by atoms with Crippen molar-refractivity contribution >= 4 is 11.9 Å². The van der Waals surface area contributed by atoms with Gasteiger partial charge in [0.1, 0.15) is 5.84 Å². The topological polar surface area (TPSA) is 56.2 Å². The molecule has 0 aromatic heterocycles. The molecule has 3 atom stereocenters. The van der Waals surface area contributed by atoms with Gasteiger partial charge in [0.2, 0.25) is 0 Å². The van der Waals surface area contributed by atoms with Gasteiger partial charge < -0.3 is 4.90 Å². The lowest BCUT2D eigenvalue weighted by atomic mass is 9.78. The van der Waals surface area contributed by atoms with Crippen LogP contribution in [-0.2, 0) is 0 Å². The van der Waals surface area contributed by atoms with Crippen LogP contribution in [0.1, 0.15) is 32.6 Å². The lowest BCUT2D eigenvalue weighted by molar-refractivity contribution is 0.180. The molecule has 0 aromatic carbocycles. The van der Waals surface area contributed by atoms with Crippen molar-refractivity contribution in [2.24, 2.45) is 11.8 Å². The third kappa shape index (κ3) is 1.85. The molecule has 1 heterocycles. The number of carbonyl (C=O) groups excluding carboxylic acids is 1. The van der Waals surface area contributed by atoms with Gasteiger partial charge in [-0.05, 0) is 24.7 Å². The Morgan fingerprint density at radius 3 is 2.73 bits per heavy atom. The Morgan fingerprint density at radius 1 is 1.47 bits per heavy atom. The van der Waals surface area contributed by atoms with Crippen LogP contribution in [0.15, 0.2) is 0 Å². The molecule has 3 unspecified atom stereocenters. The maximum absolute atomic E-state index is 11.4. The first-order valence-electron chi connectivity index (χ1n) is 5.72. The number of likely N-dealkylation sites (N-methyl/N-ethyl adjacent to an activating group) is 1. The molecule has 2 amide bonds. The highest BCUT2D eigenvalue weighted by atomic mass is 16.2. The van der Waals surface area contributed by atoms with Crippen molar-refractivity contribution in [2.45, 2.75) is 38.6 Å². The lowest BCUT2D eigenvalue weighted by Gasteiger charge is -2.33. The molecule has 0 radical (unpaired) electrons. The van der Waals surface area contributed by atoms with Gasteiger partial charge in [-0.2, -0.15) is 0 Å². The van der Waals surface area contributed by atoms with E-state index >= 15 is 0 Å². The Balaban J connectivity index is 2.09. The van der Waals surface area contributed by atoms with E-state index in [2.05, 4.69) is 12.2 Å². The normalized spacial score (nSPS) is 36.9. The Bertz CT molecular complexity index is 290. The molecule has 4 heteroatoms. The van der Waals surface area contributed by atoms with Gasteiger partial charge in [0.25, 0.3) is 0 Å². The number of nitrogens with one attached hydrogen (secondary N) is 2. The summed E-state index contributed by atoms with van der Waals surface area (Å²) in [6.45, 7) is 2.26. The van der Waals surface area contributed by atoms with E-state index in [1.165, 1.54) is 12.8 Å². The molecule has 4 nitrogen and oxygen atoms in total. The standard InChI is InChI=1S/C11H19N3O/c1-7-4-3-5-8(6-7)9-10(12)13-11(15)14(9)2/h7-9H,3-6H2,1-2H3,(H2,12,13,15). The first-order chi connectivity index (χ1) is 7.09. The second-order valence-electron chi connectivity index (χ2n) is 4.93. The molecule has 1 aliphatic carbocycles. The monoisotopic (exact) mass is 209 g/mol. The van der Waals surface area contributed by atoms with Gasteiger partial charge in [-0.1, -0.05) is 19.8 Å². The summed E-state index contributed by atoms with van der Waals surface area (Å²) in [5, 5.41) is 10.4. The highest BCUT2D eigenvalue weighted by Crippen LogP contribution is 2.33. The van der Waals surface area contributed by atoms with E-state index in [0.717, 1.165) is 18.8 Å². The van der Waals surface area contributed by atoms with E-state index in [1.54, 1.807) is 11.9 Å². The van der Waals surface area contributed by atoms with Crippen LogP contribution in [0.5, 0.6) is 0 Å². The largest absolute Gasteiger partial charge is 0.323 e. The van der Waals surface area contributed by atoms with Crippen molar-refractivity contribution < 1.29 is 4.79 Å². The van der Waals surface area contributed by atoms with E-state index in [4.69, 9.17) is 5.41 Å². The minimum atomic E-state index is -0.122. The summed E-state index contributed by atoms with van der Waals surface area (Å²) in [7, 11) is 1.79. The minimum absolute atomic E-state index is 0.000231. The Morgan fingerprint density at radius 2 is 2.20 bits per heavy atom. The van der Waals surface area contributed by atoms with Gasteiger partial charge in [-0.25, -0.2) is 4.79 Å². The molecule has 0 aromatic rings. The predicted octanol–water partition coefficient (Wildman–Crippen LogP) is 1.81. The van der Waals surface area contributed by atoms with E-state index in [-0.39, 0.29) is 12.1 Å². The molecule has 1 aliphatic heterocycles. The van der Waals surface area contributed by atoms with Crippen molar-refractivity contribution in [1.29, 1.82) is 5.41 Å². The summed E-state index contributed by atoms with van der Waals surface area (Å²) in [6.07, 6.45) is 4.82. The number of carbonyl (C=O) groups is 1. The van der Waals surface area contributed by atoms with Gasteiger partial charge >= 0.3 is 6.03 Å². The molecule has 1 saturated carbocycles. The van der Waals surface area contributed by atoms with Crippen LogP contribution in [0.25, 0.3) is 0 Å². The number of rotatable bonds is 1. The molecule has 2 N–H and O–H groups in total. The van der Waals surface area contributed by atoms with Gasteiger partial charge in [-0.3, -0.25) is 10.7 Å². The van der Waals surface area contributed by atoms with Crippen LogP contribution in [-0.4, -0.2) is 29.9 Å². The smallest absolute Gasteiger partial charge is 0.317 e. The number of nitrogens with zero attached hydrogens (tertiary/aromatic N) is 1. The summed E-state index contributed by atoms with van der Waals surface area (Å²) in [4.78, 5) is 13.1. The van der Waals surface area contributed by atoms with Gasteiger partial charge in [0.05, 0.1) is 6.04 Å². The first kappa shape index (κ1) is 10.5. The fourth-order valence-electron chi connectivity index (χ4n) is 2.92. The van der Waals surface area contributed by atoms with Crippen molar-refractivity contribution in [3.8, 4) is 0 Å². The third-order valence-corrected chi connectivity index (χ3v) is 3.70. The van der Waals surface area contributed by atoms with E-state index in [9.17, 15) is 4.79 Å². The maximum Gasteiger partial charge on any atom is 0.323 e. The van der Waals surface area contributed by atoms with Crippen LogP contribution in [0.3, 0.4) is 0 Å². The molecule has 2 rings (SSSR count). The highest BCUT2D eigenvalue weighted by molar-refractivity contribution is 6.05. The van der Waals surface area contributed by atoms with Gasteiger partial charge in [0.15, 0.2) is 0 Å². The fraction of sp³-hybridized carbons (Fsp3) is 0.818. The Labute approximate surface area is 90.5 Å². The highest BCUT2D eigenvalue weighted by Gasteiger charge is 2.39. The quantitative estimate of drug-likeness (QED) is 0.680. The third-order valence-electron chi connectivity index (χ3n) is 3.70. The van der Waals surface area contributed by atoms with Crippen LogP contribution in [0.4, 0.5) is 4.79 Å². The zero-order chi connectivity index (χ0) is 11.0. The zero-order valence-electron chi connectivity index (χ0n) is 9.42. The number of hydrogen-bond donors (Lipinski definition) is 2. The van der Waals surface area contributed by atoms with Crippen LogP contribution >= 0.6 is 0 Å². The Kier molecular flexibility index (Phi) is 2.67. The SMILES string of the molecule is CC1CCCC(C2C(=N)NC(=O)N2C)C1. The van der Waals surface area contributed by atoms with Gasteiger partial charge in [0, 0.05) is 7.05 Å². The average Bonchev–Trinajstić information content (AvgIpc) is 2.41. The molecular weight excluding hydrogens is 190 g/mol. The van der Waals surface area contributed by atoms with Crippen LogP contribution < -0.4 is 5.32 Å². The minimum Gasteiger partial charge on any atom is -0.317 e. The molecule has 2 aliphatic rings. The number of amidine groups is 1. The van der Waals surface area contributed by atoms with Gasteiger partial charge in [-0.15, -0.1) is 0 Å². The van der Waals surface area contributed by atoms with Crippen molar-refractivity contribution in [2.75, 3.05) is 7.05 Å². The maximum atomic E-state index is 11.4. The van der Waals surface area contributed by atoms with Crippen LogP contribution in [0, 0.1) is 17.2 Å². The van der Waals surface area contributed by atoms with Crippen LogP contribution in [0.2, 0.25) is 0 Å². The Hall–Kier alpha value is -1.06. The number of urea groups is 1. The average molecular weight is 209 g/mol. The molecular formula is C11H19N3O. The zero-order valence-corrected chi connectivity index (χ0v) is 9.42. The molecule has 84 valence electrons. The molecule has 15 heavy (non-hydrogen) atoms. The van der Waals surface area contributed by atoms with E-state index in [1.807, 2.05) is 0 Å². The van der Waals surface area contributed by atoms with Crippen molar-refractivity contribution in [3.63, 3.8) is 0 Å². The van der Waals surface area contributed by atoms with E-state index in [0.29, 0.717) is 11.8 Å². The molecule has 1 saturated heterocycles. The summed E-state index contributed by atoms with van der Waals surface area (Å²) in [5.74, 6) is 1.60. The second-order valence-corrected chi connectivity index (χ2v) is 4.93. The van der Waals surface area contributed by atoms with Crippen molar-refractivity contribution in [3.05, 3.63) is 0 Å². The number of amides is 2. The summed E-state index contributed by atoms with van der Waals surface area (Å²) >= 11 is 0. The molecule has 0 bridgehead atoms. The summed E-state index contributed by atoms with van der Waals surface area (Å²) in [6, 6.07) is -0.122. The molecule has 2 fully saturated rings. The summed E-state index contributed by atoms with van der Waals surface area (Å²) < 4.78 is 0. The second kappa shape index (κ2) is 3.83. The molecule has 0 spiro atoms.